The van der Waals surface area contributed by atoms with Crippen LogP contribution in [0, 0.1) is 29.6 Å². The van der Waals surface area contributed by atoms with Gasteiger partial charge >= 0.3 is 5.97 Å². The summed E-state index contributed by atoms with van der Waals surface area (Å²) in [6.07, 6.45) is 2.76. The molecule has 0 saturated heterocycles. The van der Waals surface area contributed by atoms with E-state index in [1.165, 1.54) is 23.5 Å². The van der Waals surface area contributed by atoms with E-state index in [0.717, 1.165) is 28.2 Å². The van der Waals surface area contributed by atoms with Crippen molar-refractivity contribution in [3.05, 3.63) is 21.4 Å². The third-order valence-electron chi connectivity index (χ3n) is 4.00. The summed E-state index contributed by atoms with van der Waals surface area (Å²) in [5.41, 5.74) is 0.924. The van der Waals surface area contributed by atoms with Gasteiger partial charge in [0.2, 0.25) is 0 Å². The quantitative estimate of drug-likeness (QED) is 0.389. The minimum absolute atomic E-state index is 0.0320. The van der Waals surface area contributed by atoms with E-state index in [1.807, 2.05) is 25.1 Å². The number of carboxylic acid groups (broad SMARTS) is 1. The highest BCUT2D eigenvalue weighted by molar-refractivity contribution is 8.24. The van der Waals surface area contributed by atoms with E-state index in [9.17, 15) is 15.3 Å². The maximum absolute atomic E-state index is 10.6. The molecule has 0 aliphatic carbocycles. The molecule has 0 saturated carbocycles. The van der Waals surface area contributed by atoms with E-state index in [0.29, 0.717) is 41.8 Å². The summed E-state index contributed by atoms with van der Waals surface area (Å²) in [6.45, 7) is 2.75. The largest absolute Gasteiger partial charge is 0.492 e. The number of aryl methyl sites for hydroxylation is 1. The standard InChI is InChI=1S/C20H22N2O5S2/c1-13-10-15(26-9-5-7-23)18-19(29-20(28-18)14(11-21)12-22)17(13)27-8-4-2-3-6-16(24)25/h10,23H,2-9H2,1H3,(H,24,25). The summed E-state index contributed by atoms with van der Waals surface area (Å²) in [7, 11) is 0. The number of nitriles is 2. The predicted octanol–water partition coefficient (Wildman–Crippen LogP) is 4.24. The minimum Gasteiger partial charge on any atom is -0.492 e. The van der Waals surface area contributed by atoms with Gasteiger partial charge < -0.3 is 19.7 Å². The van der Waals surface area contributed by atoms with E-state index < -0.39 is 5.97 Å². The number of unbranched alkanes of at least 4 members (excludes halogenated alkanes) is 2. The molecule has 29 heavy (non-hydrogen) atoms. The molecule has 0 aromatic heterocycles. The second-order valence-electron chi connectivity index (χ2n) is 6.25. The number of benzene rings is 1. The lowest BCUT2D eigenvalue weighted by Crippen LogP contribution is -2.04. The molecule has 1 aliphatic heterocycles. The number of carboxylic acids is 1. The Kier molecular flexibility index (Phi) is 9.20. The third-order valence-corrected chi connectivity index (χ3v) is 6.61. The van der Waals surface area contributed by atoms with Crippen LogP contribution in [0.2, 0.25) is 0 Å². The molecule has 1 aromatic rings. The van der Waals surface area contributed by atoms with Crippen molar-refractivity contribution in [3.8, 4) is 23.6 Å². The van der Waals surface area contributed by atoms with Crippen molar-refractivity contribution in [2.24, 2.45) is 0 Å². The molecule has 2 N–H and O–H groups in total. The molecule has 0 radical (unpaired) electrons. The number of nitrogens with zero attached hydrogens (tertiary/aromatic N) is 2. The van der Waals surface area contributed by atoms with E-state index in [1.54, 1.807) is 0 Å². The van der Waals surface area contributed by atoms with Gasteiger partial charge in [-0.15, -0.1) is 0 Å². The highest BCUT2D eigenvalue weighted by Gasteiger charge is 2.30. The van der Waals surface area contributed by atoms with E-state index in [4.69, 9.17) is 19.7 Å². The molecular formula is C20H22N2O5S2. The average molecular weight is 435 g/mol. The number of allylic oxidation sites excluding steroid dienone is 1. The SMILES string of the molecule is Cc1cc(OCCCO)c2c(c1OCCCCCC(=O)O)SC(=C(C#N)C#N)S2. The topological polar surface area (TPSA) is 124 Å². The van der Waals surface area contributed by atoms with Crippen LogP contribution in [0.4, 0.5) is 0 Å². The van der Waals surface area contributed by atoms with Crippen molar-refractivity contribution >= 4 is 29.5 Å². The van der Waals surface area contributed by atoms with Crippen molar-refractivity contribution in [2.75, 3.05) is 19.8 Å². The van der Waals surface area contributed by atoms with Crippen molar-refractivity contribution in [1.82, 2.24) is 0 Å². The van der Waals surface area contributed by atoms with Crippen molar-refractivity contribution in [2.45, 2.75) is 48.8 Å². The number of fused-ring (bicyclic) bond motifs is 1. The second-order valence-corrected chi connectivity index (χ2v) is 8.55. The summed E-state index contributed by atoms with van der Waals surface area (Å²) >= 11 is 2.64. The number of hydrogen-bond donors (Lipinski definition) is 2. The predicted molar refractivity (Wildman–Crippen MR) is 110 cm³/mol. The van der Waals surface area contributed by atoms with Gasteiger partial charge in [-0.2, -0.15) is 10.5 Å². The minimum atomic E-state index is -0.796. The molecule has 9 heteroatoms. The highest BCUT2D eigenvalue weighted by Crippen LogP contribution is 2.59. The Balaban J connectivity index is 2.20. The Bertz CT molecular complexity index is 855. The summed E-state index contributed by atoms with van der Waals surface area (Å²) in [4.78, 5) is 12.2. The van der Waals surface area contributed by atoms with Gasteiger partial charge in [0.05, 0.1) is 27.2 Å². The van der Waals surface area contributed by atoms with E-state index in [-0.39, 0.29) is 18.6 Å². The van der Waals surface area contributed by atoms with Crippen LogP contribution in [0.15, 0.2) is 25.7 Å². The number of hydrogen-bond acceptors (Lipinski definition) is 8. The Labute approximate surface area is 178 Å². The summed E-state index contributed by atoms with van der Waals surface area (Å²) in [5, 5.41) is 36.1. The molecule has 0 atom stereocenters. The van der Waals surface area contributed by atoms with Gasteiger partial charge in [0.25, 0.3) is 0 Å². The van der Waals surface area contributed by atoms with Gasteiger partial charge in [-0.1, -0.05) is 23.5 Å². The number of ether oxygens (including phenoxy) is 2. The Morgan fingerprint density at radius 1 is 1.07 bits per heavy atom. The zero-order valence-electron chi connectivity index (χ0n) is 16.1. The van der Waals surface area contributed by atoms with Crippen LogP contribution in [0.1, 0.15) is 37.7 Å². The first-order chi connectivity index (χ1) is 14.0. The first kappa shape index (κ1) is 23.0. The molecule has 1 heterocycles. The summed E-state index contributed by atoms with van der Waals surface area (Å²) in [6, 6.07) is 5.71. The lowest BCUT2D eigenvalue weighted by atomic mass is 10.2. The Morgan fingerprint density at radius 2 is 1.76 bits per heavy atom. The number of carbonyl (C=O) groups is 1. The highest BCUT2D eigenvalue weighted by atomic mass is 32.2. The number of thioether (sulfide) groups is 2. The van der Waals surface area contributed by atoms with Crippen LogP contribution < -0.4 is 9.47 Å². The molecular weight excluding hydrogens is 412 g/mol. The van der Waals surface area contributed by atoms with Gasteiger partial charge in [0.15, 0.2) is 0 Å². The van der Waals surface area contributed by atoms with Crippen molar-refractivity contribution < 1.29 is 24.5 Å². The second kappa shape index (κ2) is 11.6. The number of rotatable bonds is 11. The summed E-state index contributed by atoms with van der Waals surface area (Å²) in [5.74, 6) is 0.535. The van der Waals surface area contributed by atoms with Crippen molar-refractivity contribution in [1.29, 1.82) is 10.5 Å². The van der Waals surface area contributed by atoms with Crippen LogP contribution in [0.25, 0.3) is 0 Å². The summed E-state index contributed by atoms with van der Waals surface area (Å²) < 4.78 is 12.4. The fourth-order valence-corrected chi connectivity index (χ4v) is 5.18. The monoisotopic (exact) mass is 434 g/mol. The molecule has 0 unspecified atom stereocenters. The fourth-order valence-electron chi connectivity index (χ4n) is 2.60. The molecule has 0 fully saturated rings. The zero-order chi connectivity index (χ0) is 21.2. The number of aliphatic carboxylic acids is 1. The lowest BCUT2D eigenvalue weighted by Gasteiger charge is -2.16. The first-order valence-electron chi connectivity index (χ1n) is 9.17. The van der Waals surface area contributed by atoms with Crippen LogP contribution in [-0.2, 0) is 4.79 Å². The fraction of sp³-hybridized carbons (Fsp3) is 0.450. The lowest BCUT2D eigenvalue weighted by molar-refractivity contribution is -0.137. The van der Waals surface area contributed by atoms with Gasteiger partial charge in [0, 0.05) is 19.4 Å². The van der Waals surface area contributed by atoms with Gasteiger partial charge in [-0.3, -0.25) is 4.79 Å². The molecule has 1 aliphatic rings. The molecule has 0 bridgehead atoms. The first-order valence-corrected chi connectivity index (χ1v) is 10.8. The Morgan fingerprint density at radius 3 is 2.41 bits per heavy atom. The molecule has 0 spiro atoms. The molecule has 2 rings (SSSR count). The van der Waals surface area contributed by atoms with Gasteiger partial charge in [-0.25, -0.2) is 0 Å². The molecule has 0 amide bonds. The zero-order valence-corrected chi connectivity index (χ0v) is 17.7. The van der Waals surface area contributed by atoms with Crippen LogP contribution in [0.5, 0.6) is 11.5 Å². The van der Waals surface area contributed by atoms with Crippen LogP contribution in [-0.4, -0.2) is 36.0 Å². The average Bonchev–Trinajstić information content (AvgIpc) is 3.12. The molecule has 1 aromatic carbocycles. The maximum atomic E-state index is 10.6. The maximum Gasteiger partial charge on any atom is 0.303 e. The number of aliphatic hydroxyl groups excluding tert-OH is 1. The molecule has 154 valence electrons. The van der Waals surface area contributed by atoms with Crippen LogP contribution in [0.3, 0.4) is 0 Å². The van der Waals surface area contributed by atoms with E-state index >= 15 is 0 Å². The van der Waals surface area contributed by atoms with Gasteiger partial charge in [0.1, 0.15) is 29.2 Å². The smallest absolute Gasteiger partial charge is 0.303 e. The van der Waals surface area contributed by atoms with E-state index in [2.05, 4.69) is 0 Å². The normalized spacial score (nSPS) is 12.1. The number of aliphatic hydroxyl groups is 1. The molecule has 7 nitrogen and oxygen atoms in total. The Hall–Kier alpha value is -2.33. The third kappa shape index (κ3) is 6.33. The van der Waals surface area contributed by atoms with Gasteiger partial charge in [-0.05, 0) is 37.8 Å². The van der Waals surface area contributed by atoms with Crippen LogP contribution >= 0.6 is 23.5 Å². The van der Waals surface area contributed by atoms with Crippen molar-refractivity contribution in [3.63, 3.8) is 0 Å².